The van der Waals surface area contributed by atoms with Gasteiger partial charge in [-0.15, -0.1) is 0 Å². The van der Waals surface area contributed by atoms with E-state index in [0.29, 0.717) is 10.5 Å². The Morgan fingerprint density at radius 1 is 1.29 bits per heavy atom. The van der Waals surface area contributed by atoms with Crippen molar-refractivity contribution in [3.63, 3.8) is 0 Å². The molecule has 0 unspecified atom stereocenters. The Bertz CT molecular complexity index is 839. The van der Waals surface area contributed by atoms with Crippen molar-refractivity contribution >= 4 is 28.6 Å². The monoisotopic (exact) mass is 300 g/mol. The van der Waals surface area contributed by atoms with E-state index >= 15 is 0 Å². The fourth-order valence-corrected chi connectivity index (χ4v) is 2.59. The van der Waals surface area contributed by atoms with Gasteiger partial charge in [0.25, 0.3) is 0 Å². The molecule has 0 saturated heterocycles. The summed E-state index contributed by atoms with van der Waals surface area (Å²) >= 11 is 6.06. The molecule has 4 nitrogen and oxygen atoms in total. The van der Waals surface area contributed by atoms with Gasteiger partial charge in [-0.25, -0.2) is 9.78 Å². The normalized spacial score (nSPS) is 11.0. The summed E-state index contributed by atoms with van der Waals surface area (Å²) in [6.45, 7) is 2.01. The molecule has 0 aliphatic carbocycles. The van der Waals surface area contributed by atoms with Crippen molar-refractivity contribution in [2.45, 2.75) is 13.3 Å². The summed E-state index contributed by atoms with van der Waals surface area (Å²) in [4.78, 5) is 15.6. The van der Waals surface area contributed by atoms with Gasteiger partial charge in [0.15, 0.2) is 0 Å². The maximum Gasteiger partial charge on any atom is 0.335 e. The summed E-state index contributed by atoms with van der Waals surface area (Å²) in [5, 5.41) is 9.73. The highest BCUT2D eigenvalue weighted by Crippen LogP contribution is 2.24. The van der Waals surface area contributed by atoms with E-state index in [-0.39, 0.29) is 5.56 Å². The van der Waals surface area contributed by atoms with Crippen molar-refractivity contribution in [2.24, 2.45) is 0 Å². The van der Waals surface area contributed by atoms with Gasteiger partial charge in [0.1, 0.15) is 5.82 Å². The second kappa shape index (κ2) is 5.22. The number of hydrogen-bond acceptors (Lipinski definition) is 2. The lowest BCUT2D eigenvalue weighted by molar-refractivity contribution is 0.0697. The second-order valence-corrected chi connectivity index (χ2v) is 5.14. The molecule has 0 bridgehead atoms. The lowest BCUT2D eigenvalue weighted by atomic mass is 10.2. The number of nitrogens with zero attached hydrogens (tertiary/aromatic N) is 2. The van der Waals surface area contributed by atoms with Gasteiger partial charge >= 0.3 is 5.97 Å². The Hall–Kier alpha value is -2.33. The van der Waals surface area contributed by atoms with Crippen molar-refractivity contribution in [3.05, 3.63) is 58.9 Å². The quantitative estimate of drug-likeness (QED) is 0.797. The Morgan fingerprint density at radius 2 is 2.10 bits per heavy atom. The number of rotatable bonds is 3. The molecule has 0 atom stereocenters. The van der Waals surface area contributed by atoms with Crippen molar-refractivity contribution in [2.75, 3.05) is 0 Å². The van der Waals surface area contributed by atoms with E-state index in [4.69, 9.17) is 16.7 Å². The van der Waals surface area contributed by atoms with Crippen LogP contribution in [0.4, 0.5) is 0 Å². The average molecular weight is 301 g/mol. The number of aryl methyl sites for hydroxylation is 1. The van der Waals surface area contributed by atoms with E-state index in [1.165, 1.54) is 0 Å². The lowest BCUT2D eigenvalue weighted by Gasteiger charge is -2.08. The van der Waals surface area contributed by atoms with Crippen LogP contribution in [0.1, 0.15) is 23.1 Å². The van der Waals surface area contributed by atoms with Crippen LogP contribution in [-0.2, 0) is 6.42 Å². The molecule has 106 valence electrons. The molecular formula is C16H13ClN2O2. The maximum atomic E-state index is 11.1. The predicted molar refractivity (Wildman–Crippen MR) is 82.4 cm³/mol. The molecule has 0 spiro atoms. The summed E-state index contributed by atoms with van der Waals surface area (Å²) in [7, 11) is 0. The van der Waals surface area contributed by atoms with Crippen LogP contribution < -0.4 is 0 Å². The molecule has 3 aromatic rings. The minimum Gasteiger partial charge on any atom is -0.478 e. The first-order chi connectivity index (χ1) is 10.1. The topological polar surface area (TPSA) is 55.1 Å². The van der Waals surface area contributed by atoms with Crippen molar-refractivity contribution in [1.82, 2.24) is 9.55 Å². The number of imidazole rings is 1. The predicted octanol–water partition coefficient (Wildman–Crippen LogP) is 3.94. The van der Waals surface area contributed by atoms with Gasteiger partial charge in [0.05, 0.1) is 16.6 Å². The number of fused-ring (bicyclic) bond motifs is 1. The Kier molecular flexibility index (Phi) is 3.39. The molecule has 0 fully saturated rings. The van der Waals surface area contributed by atoms with Gasteiger partial charge in [0, 0.05) is 17.1 Å². The molecule has 1 heterocycles. The summed E-state index contributed by atoms with van der Waals surface area (Å²) in [6.07, 6.45) is 0.740. The third-order valence-electron chi connectivity index (χ3n) is 3.35. The minimum atomic E-state index is -0.952. The Balaban J connectivity index is 2.28. The average Bonchev–Trinajstić information content (AvgIpc) is 2.84. The van der Waals surface area contributed by atoms with Gasteiger partial charge in [-0.3, -0.25) is 4.57 Å². The van der Waals surface area contributed by atoms with E-state index < -0.39 is 5.97 Å². The SMILES string of the molecule is CCc1nc2cc(C(=O)O)ccc2n1-c1cccc(Cl)c1. The number of hydrogen-bond donors (Lipinski definition) is 1. The minimum absolute atomic E-state index is 0.237. The zero-order chi connectivity index (χ0) is 15.0. The molecule has 2 aromatic carbocycles. The maximum absolute atomic E-state index is 11.1. The van der Waals surface area contributed by atoms with Crippen molar-refractivity contribution in [3.8, 4) is 5.69 Å². The van der Waals surface area contributed by atoms with Gasteiger partial charge in [-0.05, 0) is 36.4 Å². The number of benzene rings is 2. The van der Waals surface area contributed by atoms with E-state index in [2.05, 4.69) is 4.98 Å². The first-order valence-corrected chi connectivity index (χ1v) is 6.98. The third-order valence-corrected chi connectivity index (χ3v) is 3.59. The van der Waals surface area contributed by atoms with Crippen molar-refractivity contribution in [1.29, 1.82) is 0 Å². The highest BCUT2D eigenvalue weighted by Gasteiger charge is 2.13. The van der Waals surface area contributed by atoms with Crippen LogP contribution >= 0.6 is 11.6 Å². The number of carboxylic acid groups (broad SMARTS) is 1. The second-order valence-electron chi connectivity index (χ2n) is 4.71. The Morgan fingerprint density at radius 3 is 2.76 bits per heavy atom. The zero-order valence-corrected chi connectivity index (χ0v) is 12.1. The van der Waals surface area contributed by atoms with Gasteiger partial charge in [-0.1, -0.05) is 24.6 Å². The molecule has 0 aliphatic heterocycles. The number of carbonyl (C=O) groups is 1. The number of carboxylic acids is 1. The smallest absolute Gasteiger partial charge is 0.335 e. The molecule has 0 amide bonds. The standard InChI is InChI=1S/C16H13ClN2O2/c1-2-15-18-13-8-10(16(20)21)6-7-14(13)19(15)12-5-3-4-11(17)9-12/h3-9H,2H2,1H3,(H,20,21). The first-order valence-electron chi connectivity index (χ1n) is 6.60. The van der Waals surface area contributed by atoms with Crippen molar-refractivity contribution < 1.29 is 9.90 Å². The molecule has 0 saturated carbocycles. The van der Waals surface area contributed by atoms with Crippen LogP contribution in [-0.4, -0.2) is 20.6 Å². The zero-order valence-electron chi connectivity index (χ0n) is 11.4. The van der Waals surface area contributed by atoms with Crippen LogP contribution in [0.3, 0.4) is 0 Å². The van der Waals surface area contributed by atoms with Gasteiger partial charge < -0.3 is 5.11 Å². The van der Waals surface area contributed by atoms with Gasteiger partial charge in [0.2, 0.25) is 0 Å². The van der Waals surface area contributed by atoms with Crippen LogP contribution in [0, 0.1) is 0 Å². The summed E-state index contributed by atoms with van der Waals surface area (Å²) in [5.74, 6) is -0.0814. The fourth-order valence-electron chi connectivity index (χ4n) is 2.40. The van der Waals surface area contributed by atoms with Crippen LogP contribution in [0.5, 0.6) is 0 Å². The van der Waals surface area contributed by atoms with Gasteiger partial charge in [-0.2, -0.15) is 0 Å². The first kappa shape index (κ1) is 13.6. The number of halogens is 1. The number of aromatic nitrogens is 2. The van der Waals surface area contributed by atoms with E-state index in [9.17, 15) is 4.79 Å². The molecule has 1 N–H and O–H groups in total. The molecule has 3 rings (SSSR count). The van der Waals surface area contributed by atoms with E-state index in [0.717, 1.165) is 23.4 Å². The van der Waals surface area contributed by atoms with Crippen LogP contribution in [0.2, 0.25) is 5.02 Å². The van der Waals surface area contributed by atoms with Crippen LogP contribution in [0.25, 0.3) is 16.7 Å². The molecule has 0 aliphatic rings. The highest BCUT2D eigenvalue weighted by atomic mass is 35.5. The summed E-state index contributed by atoms with van der Waals surface area (Å²) < 4.78 is 2.01. The highest BCUT2D eigenvalue weighted by molar-refractivity contribution is 6.30. The van der Waals surface area contributed by atoms with E-state index in [1.807, 2.05) is 35.8 Å². The Labute approximate surface area is 126 Å². The molecular weight excluding hydrogens is 288 g/mol. The lowest BCUT2D eigenvalue weighted by Crippen LogP contribution is -2.00. The van der Waals surface area contributed by atoms with Crippen LogP contribution in [0.15, 0.2) is 42.5 Å². The largest absolute Gasteiger partial charge is 0.478 e. The van der Waals surface area contributed by atoms with E-state index in [1.54, 1.807) is 18.2 Å². The summed E-state index contributed by atoms with van der Waals surface area (Å²) in [5.41, 5.74) is 2.71. The molecule has 5 heteroatoms. The molecule has 21 heavy (non-hydrogen) atoms. The number of aromatic carboxylic acids is 1. The fraction of sp³-hybridized carbons (Fsp3) is 0.125. The summed E-state index contributed by atoms with van der Waals surface area (Å²) in [6, 6.07) is 12.5. The molecule has 0 radical (unpaired) electrons. The molecule has 1 aromatic heterocycles. The third kappa shape index (κ3) is 2.38.